The van der Waals surface area contributed by atoms with Crippen LogP contribution in [-0.4, -0.2) is 48.7 Å². The zero-order valence-corrected chi connectivity index (χ0v) is 12.1. The van der Waals surface area contributed by atoms with Crippen LogP contribution in [-0.2, 0) is 9.53 Å². The van der Waals surface area contributed by atoms with Gasteiger partial charge >= 0.3 is 5.97 Å². The Hall–Kier alpha value is -1.88. The quantitative estimate of drug-likeness (QED) is 0.796. The molecule has 0 saturated heterocycles. The van der Waals surface area contributed by atoms with Gasteiger partial charge in [-0.25, -0.2) is 0 Å². The summed E-state index contributed by atoms with van der Waals surface area (Å²) in [5, 5.41) is 9.09. The first-order chi connectivity index (χ1) is 9.49. The molecule has 1 aromatic carbocycles. The first-order valence-corrected chi connectivity index (χ1v) is 6.54. The second-order valence-electron chi connectivity index (χ2n) is 4.77. The summed E-state index contributed by atoms with van der Waals surface area (Å²) in [6.07, 6.45) is 0. The van der Waals surface area contributed by atoms with Gasteiger partial charge in [-0.2, -0.15) is 0 Å². The largest absolute Gasteiger partial charge is 0.469 e. The molecule has 1 atom stereocenters. The lowest BCUT2D eigenvalue weighted by molar-refractivity contribution is -0.145. The van der Waals surface area contributed by atoms with Crippen molar-refractivity contribution in [3.8, 4) is 0 Å². The van der Waals surface area contributed by atoms with Crippen molar-refractivity contribution in [3.63, 3.8) is 0 Å². The summed E-state index contributed by atoms with van der Waals surface area (Å²) < 4.78 is 4.66. The van der Waals surface area contributed by atoms with E-state index in [9.17, 15) is 9.59 Å². The molecule has 0 saturated carbocycles. The third-order valence-electron chi connectivity index (χ3n) is 3.02. The summed E-state index contributed by atoms with van der Waals surface area (Å²) in [6.45, 7) is 3.86. The number of aliphatic hydroxyl groups is 1. The fourth-order valence-corrected chi connectivity index (χ4v) is 1.96. The Morgan fingerprint density at radius 3 is 2.65 bits per heavy atom. The highest BCUT2D eigenvalue weighted by Crippen LogP contribution is 2.10. The molecule has 1 amide bonds. The second-order valence-corrected chi connectivity index (χ2v) is 4.77. The Morgan fingerprint density at radius 2 is 2.10 bits per heavy atom. The minimum absolute atomic E-state index is 0.147. The van der Waals surface area contributed by atoms with Crippen LogP contribution in [0, 0.1) is 12.8 Å². The van der Waals surface area contributed by atoms with E-state index in [4.69, 9.17) is 5.11 Å². The third-order valence-corrected chi connectivity index (χ3v) is 3.02. The van der Waals surface area contributed by atoms with Crippen molar-refractivity contribution in [1.82, 2.24) is 4.90 Å². The predicted octanol–water partition coefficient (Wildman–Crippen LogP) is 1.24. The molecule has 110 valence electrons. The number of methoxy groups -OCH3 is 1. The lowest BCUT2D eigenvalue weighted by atomic mass is 10.1. The van der Waals surface area contributed by atoms with E-state index in [2.05, 4.69) is 4.74 Å². The lowest BCUT2D eigenvalue weighted by Crippen LogP contribution is -2.39. The monoisotopic (exact) mass is 279 g/mol. The molecular formula is C15H21NO4. The van der Waals surface area contributed by atoms with Crippen LogP contribution >= 0.6 is 0 Å². The Morgan fingerprint density at radius 1 is 1.40 bits per heavy atom. The first kappa shape index (κ1) is 16.2. The van der Waals surface area contributed by atoms with E-state index in [0.717, 1.165) is 5.56 Å². The molecule has 1 N–H and O–H groups in total. The predicted molar refractivity (Wildman–Crippen MR) is 75.3 cm³/mol. The van der Waals surface area contributed by atoms with Crippen LogP contribution in [0.5, 0.6) is 0 Å². The molecule has 0 radical (unpaired) electrons. The number of rotatable bonds is 6. The molecule has 0 aliphatic heterocycles. The van der Waals surface area contributed by atoms with Gasteiger partial charge in [-0.15, -0.1) is 0 Å². The zero-order valence-electron chi connectivity index (χ0n) is 12.1. The molecule has 0 fully saturated rings. The number of nitrogens with zero attached hydrogens (tertiary/aromatic N) is 1. The van der Waals surface area contributed by atoms with Crippen molar-refractivity contribution in [2.24, 2.45) is 5.92 Å². The van der Waals surface area contributed by atoms with Gasteiger partial charge in [-0.1, -0.05) is 24.6 Å². The summed E-state index contributed by atoms with van der Waals surface area (Å²) in [5.41, 5.74) is 1.54. The highest BCUT2D eigenvalue weighted by Gasteiger charge is 2.22. The van der Waals surface area contributed by atoms with E-state index in [-0.39, 0.29) is 31.6 Å². The van der Waals surface area contributed by atoms with Gasteiger partial charge in [0.05, 0.1) is 19.6 Å². The Balaban J connectivity index is 2.84. The molecule has 0 spiro atoms. The molecular weight excluding hydrogens is 258 g/mol. The van der Waals surface area contributed by atoms with Crippen LogP contribution in [0.1, 0.15) is 22.8 Å². The van der Waals surface area contributed by atoms with Gasteiger partial charge in [-0.05, 0) is 19.1 Å². The van der Waals surface area contributed by atoms with Gasteiger partial charge in [0.15, 0.2) is 0 Å². The molecule has 0 aliphatic rings. The summed E-state index contributed by atoms with van der Waals surface area (Å²) in [6, 6.07) is 7.23. The van der Waals surface area contributed by atoms with Crippen LogP contribution < -0.4 is 0 Å². The smallest absolute Gasteiger partial charge is 0.310 e. The SMILES string of the molecule is COC(=O)C(C)CN(CCO)C(=O)c1cccc(C)c1. The Labute approximate surface area is 119 Å². The van der Waals surface area contributed by atoms with Crippen LogP contribution in [0.2, 0.25) is 0 Å². The molecule has 0 aliphatic carbocycles. The van der Waals surface area contributed by atoms with Crippen LogP contribution in [0.15, 0.2) is 24.3 Å². The van der Waals surface area contributed by atoms with Gasteiger partial charge in [-0.3, -0.25) is 9.59 Å². The molecule has 1 unspecified atom stereocenters. The zero-order chi connectivity index (χ0) is 15.1. The molecule has 0 heterocycles. The summed E-state index contributed by atoms with van der Waals surface area (Å²) in [7, 11) is 1.32. The maximum absolute atomic E-state index is 12.4. The summed E-state index contributed by atoms with van der Waals surface area (Å²) in [4.78, 5) is 25.3. The summed E-state index contributed by atoms with van der Waals surface area (Å²) in [5.74, 6) is -0.996. The molecule has 20 heavy (non-hydrogen) atoms. The fraction of sp³-hybridized carbons (Fsp3) is 0.467. The number of carbonyl (C=O) groups excluding carboxylic acids is 2. The van der Waals surface area contributed by atoms with Crippen molar-refractivity contribution < 1.29 is 19.4 Å². The van der Waals surface area contributed by atoms with E-state index < -0.39 is 5.92 Å². The number of hydrogen-bond donors (Lipinski definition) is 1. The minimum atomic E-state index is -0.430. The van der Waals surface area contributed by atoms with Gasteiger partial charge in [0.1, 0.15) is 0 Å². The molecule has 5 nitrogen and oxygen atoms in total. The lowest BCUT2D eigenvalue weighted by Gasteiger charge is -2.24. The van der Waals surface area contributed by atoms with E-state index >= 15 is 0 Å². The molecule has 1 rings (SSSR count). The average molecular weight is 279 g/mol. The number of amides is 1. The van der Waals surface area contributed by atoms with E-state index in [1.165, 1.54) is 12.0 Å². The van der Waals surface area contributed by atoms with Crippen molar-refractivity contribution in [2.75, 3.05) is 26.8 Å². The maximum Gasteiger partial charge on any atom is 0.310 e. The van der Waals surface area contributed by atoms with E-state index in [1.54, 1.807) is 19.1 Å². The van der Waals surface area contributed by atoms with Crippen molar-refractivity contribution >= 4 is 11.9 Å². The van der Waals surface area contributed by atoms with Crippen LogP contribution in [0.25, 0.3) is 0 Å². The number of aliphatic hydroxyl groups excluding tert-OH is 1. The van der Waals surface area contributed by atoms with E-state index in [1.807, 2.05) is 19.1 Å². The Bertz CT molecular complexity index is 473. The van der Waals surface area contributed by atoms with E-state index in [0.29, 0.717) is 5.56 Å². The maximum atomic E-state index is 12.4. The van der Waals surface area contributed by atoms with Gasteiger partial charge < -0.3 is 14.7 Å². The molecule has 1 aromatic rings. The number of benzene rings is 1. The number of esters is 1. The topological polar surface area (TPSA) is 66.8 Å². The average Bonchev–Trinajstić information content (AvgIpc) is 2.45. The Kier molecular flexibility index (Phi) is 6.18. The summed E-state index contributed by atoms with van der Waals surface area (Å²) >= 11 is 0. The minimum Gasteiger partial charge on any atom is -0.469 e. The number of carbonyl (C=O) groups is 2. The highest BCUT2D eigenvalue weighted by molar-refractivity contribution is 5.94. The number of ether oxygens (including phenoxy) is 1. The van der Waals surface area contributed by atoms with Crippen molar-refractivity contribution in [1.29, 1.82) is 0 Å². The van der Waals surface area contributed by atoms with Crippen LogP contribution in [0.4, 0.5) is 0 Å². The normalized spacial score (nSPS) is 11.8. The van der Waals surface area contributed by atoms with Gasteiger partial charge in [0.2, 0.25) is 0 Å². The molecule has 0 bridgehead atoms. The fourth-order valence-electron chi connectivity index (χ4n) is 1.96. The van der Waals surface area contributed by atoms with Crippen LogP contribution in [0.3, 0.4) is 0 Å². The molecule has 5 heteroatoms. The van der Waals surface area contributed by atoms with Crippen molar-refractivity contribution in [3.05, 3.63) is 35.4 Å². The van der Waals surface area contributed by atoms with Gasteiger partial charge in [0.25, 0.3) is 5.91 Å². The number of aryl methyl sites for hydroxylation is 1. The van der Waals surface area contributed by atoms with Gasteiger partial charge in [0, 0.05) is 18.7 Å². The van der Waals surface area contributed by atoms with Crippen molar-refractivity contribution in [2.45, 2.75) is 13.8 Å². The second kappa shape index (κ2) is 7.65. The standard InChI is InChI=1S/C15H21NO4/c1-11-5-4-6-13(9-11)14(18)16(7-8-17)10-12(2)15(19)20-3/h4-6,9,12,17H,7-8,10H2,1-3H3. The highest BCUT2D eigenvalue weighted by atomic mass is 16.5. The first-order valence-electron chi connectivity index (χ1n) is 6.54. The number of hydrogen-bond acceptors (Lipinski definition) is 4. The third kappa shape index (κ3) is 4.35. The molecule has 0 aromatic heterocycles.